The molecule has 1 atom stereocenters. The fourth-order valence-electron chi connectivity index (χ4n) is 1.46. The van der Waals surface area contributed by atoms with Crippen LogP contribution in [0, 0.1) is 0 Å². The number of sulfonamides is 1. The summed E-state index contributed by atoms with van der Waals surface area (Å²) in [6, 6.07) is 4.48. The number of nitrogens with one attached hydrogen (secondary N) is 1. The van der Waals surface area contributed by atoms with E-state index >= 15 is 0 Å². The Hall–Kier alpha value is -0.430. The van der Waals surface area contributed by atoms with Crippen LogP contribution < -0.4 is 10.5 Å². The van der Waals surface area contributed by atoms with Crippen molar-refractivity contribution in [2.75, 3.05) is 17.2 Å². The first-order valence-corrected chi connectivity index (χ1v) is 8.54. The second-order valence-corrected chi connectivity index (χ2v) is 7.22. The molecule has 18 heavy (non-hydrogen) atoms. The largest absolute Gasteiger partial charge is 0.398 e. The summed E-state index contributed by atoms with van der Waals surface area (Å²) < 4.78 is 26.9. The molecule has 0 aliphatic rings. The Morgan fingerprint density at radius 1 is 1.50 bits per heavy atom. The van der Waals surface area contributed by atoms with Gasteiger partial charge in [-0.15, -0.1) is 0 Å². The van der Waals surface area contributed by atoms with Gasteiger partial charge < -0.3 is 5.73 Å². The van der Waals surface area contributed by atoms with Crippen LogP contribution >= 0.6 is 23.4 Å². The minimum atomic E-state index is -3.67. The van der Waals surface area contributed by atoms with E-state index in [2.05, 4.69) is 4.72 Å². The highest BCUT2D eigenvalue weighted by Gasteiger charge is 2.22. The van der Waals surface area contributed by atoms with Gasteiger partial charge in [0.05, 0.1) is 10.7 Å². The zero-order valence-electron chi connectivity index (χ0n) is 10.3. The second kappa shape index (κ2) is 6.65. The molecule has 0 radical (unpaired) electrons. The molecule has 0 aliphatic heterocycles. The maximum Gasteiger partial charge on any atom is 0.244 e. The van der Waals surface area contributed by atoms with E-state index in [1.54, 1.807) is 17.8 Å². The van der Waals surface area contributed by atoms with E-state index in [9.17, 15) is 8.42 Å². The van der Waals surface area contributed by atoms with E-state index in [0.717, 1.165) is 5.75 Å². The third-order valence-corrected chi connectivity index (χ3v) is 5.47. The molecule has 7 heteroatoms. The number of benzene rings is 1. The molecule has 0 aromatic heterocycles. The summed E-state index contributed by atoms with van der Waals surface area (Å²) in [6.07, 6.45) is 0. The summed E-state index contributed by atoms with van der Waals surface area (Å²) in [6.45, 7) is 3.84. The predicted octanol–water partition coefficient (Wildman–Crippen LogP) is 2.34. The van der Waals surface area contributed by atoms with Crippen molar-refractivity contribution in [1.29, 1.82) is 0 Å². The molecule has 0 saturated carbocycles. The van der Waals surface area contributed by atoms with Crippen molar-refractivity contribution >= 4 is 39.1 Å². The highest BCUT2D eigenvalue weighted by molar-refractivity contribution is 7.99. The van der Waals surface area contributed by atoms with Crippen molar-refractivity contribution in [3.8, 4) is 0 Å². The highest BCUT2D eigenvalue weighted by Crippen LogP contribution is 2.27. The van der Waals surface area contributed by atoms with Gasteiger partial charge in [-0.3, -0.25) is 0 Å². The summed E-state index contributed by atoms with van der Waals surface area (Å²) in [5.41, 5.74) is 5.83. The lowest BCUT2D eigenvalue weighted by atomic mass is 10.3. The maximum absolute atomic E-state index is 12.2. The van der Waals surface area contributed by atoms with Gasteiger partial charge in [0, 0.05) is 11.8 Å². The van der Waals surface area contributed by atoms with Crippen molar-refractivity contribution in [3.63, 3.8) is 0 Å². The van der Waals surface area contributed by atoms with Crippen LogP contribution in [0.1, 0.15) is 13.8 Å². The van der Waals surface area contributed by atoms with E-state index in [4.69, 9.17) is 17.3 Å². The molecule has 0 fully saturated rings. The van der Waals surface area contributed by atoms with Crippen molar-refractivity contribution in [3.05, 3.63) is 23.2 Å². The van der Waals surface area contributed by atoms with Gasteiger partial charge >= 0.3 is 0 Å². The molecular formula is C11H17ClN2O2S2. The van der Waals surface area contributed by atoms with Crippen LogP contribution in [0.5, 0.6) is 0 Å². The fourth-order valence-corrected chi connectivity index (χ4v) is 4.16. The van der Waals surface area contributed by atoms with Gasteiger partial charge in [-0.25, -0.2) is 13.1 Å². The SMILES string of the molecule is CCSCC(C)NS(=O)(=O)c1c(N)cccc1Cl. The quantitative estimate of drug-likeness (QED) is 0.791. The van der Waals surface area contributed by atoms with E-state index < -0.39 is 10.0 Å². The van der Waals surface area contributed by atoms with E-state index in [1.807, 2.05) is 13.8 Å². The summed E-state index contributed by atoms with van der Waals surface area (Å²) in [5, 5.41) is 0.137. The number of hydrogen-bond acceptors (Lipinski definition) is 4. The molecule has 0 saturated heterocycles. The predicted molar refractivity (Wildman–Crippen MR) is 78.6 cm³/mol. The Morgan fingerprint density at radius 3 is 2.72 bits per heavy atom. The topological polar surface area (TPSA) is 72.2 Å². The first-order chi connectivity index (χ1) is 8.38. The first kappa shape index (κ1) is 15.6. The number of hydrogen-bond donors (Lipinski definition) is 2. The van der Waals surface area contributed by atoms with Crippen molar-refractivity contribution in [2.45, 2.75) is 24.8 Å². The second-order valence-electron chi connectivity index (χ2n) is 3.84. The molecule has 0 aliphatic carbocycles. The van der Waals surface area contributed by atoms with Crippen LogP contribution in [0.4, 0.5) is 5.69 Å². The van der Waals surface area contributed by atoms with E-state index in [1.165, 1.54) is 12.1 Å². The molecule has 102 valence electrons. The third kappa shape index (κ3) is 4.05. The molecule has 4 nitrogen and oxygen atoms in total. The average Bonchev–Trinajstić information content (AvgIpc) is 2.25. The number of thioether (sulfide) groups is 1. The van der Waals surface area contributed by atoms with Crippen LogP contribution in [-0.2, 0) is 10.0 Å². The zero-order valence-corrected chi connectivity index (χ0v) is 12.7. The number of anilines is 1. The highest BCUT2D eigenvalue weighted by atomic mass is 35.5. The summed E-state index contributed by atoms with van der Waals surface area (Å²) in [4.78, 5) is -0.0417. The zero-order chi connectivity index (χ0) is 13.8. The Balaban J connectivity index is 2.93. The summed E-state index contributed by atoms with van der Waals surface area (Å²) in [5.74, 6) is 1.65. The lowest BCUT2D eigenvalue weighted by Crippen LogP contribution is -2.34. The van der Waals surface area contributed by atoms with Gasteiger partial charge in [-0.05, 0) is 24.8 Å². The van der Waals surface area contributed by atoms with Crippen molar-refractivity contribution < 1.29 is 8.42 Å². The normalized spacial score (nSPS) is 13.5. The lowest BCUT2D eigenvalue weighted by molar-refractivity contribution is 0.571. The van der Waals surface area contributed by atoms with Crippen LogP contribution in [0.15, 0.2) is 23.1 Å². The lowest BCUT2D eigenvalue weighted by Gasteiger charge is -2.15. The molecular weight excluding hydrogens is 292 g/mol. The Kier molecular flexibility index (Phi) is 5.78. The van der Waals surface area contributed by atoms with Gasteiger partial charge in [0.25, 0.3) is 0 Å². The first-order valence-electron chi connectivity index (χ1n) is 5.52. The van der Waals surface area contributed by atoms with Crippen molar-refractivity contribution in [1.82, 2.24) is 4.72 Å². The van der Waals surface area contributed by atoms with E-state index in [-0.39, 0.29) is 21.6 Å². The molecule has 1 aromatic rings. The van der Waals surface area contributed by atoms with E-state index in [0.29, 0.717) is 5.75 Å². The molecule has 1 rings (SSSR count). The summed E-state index contributed by atoms with van der Waals surface area (Å²) >= 11 is 7.57. The van der Waals surface area contributed by atoms with Crippen LogP contribution in [0.2, 0.25) is 5.02 Å². The number of nitrogen functional groups attached to an aromatic ring is 1. The van der Waals surface area contributed by atoms with Gasteiger partial charge in [-0.1, -0.05) is 24.6 Å². The standard InChI is InChI=1S/C11H17ClN2O2S2/c1-3-17-7-8(2)14-18(15,16)11-9(12)5-4-6-10(11)13/h4-6,8,14H,3,7,13H2,1-2H3. The Labute approximate surface area is 117 Å². The minimum Gasteiger partial charge on any atom is -0.398 e. The van der Waals surface area contributed by atoms with Crippen LogP contribution in [0.3, 0.4) is 0 Å². The van der Waals surface area contributed by atoms with Gasteiger partial charge in [0.2, 0.25) is 10.0 Å². The molecule has 1 unspecified atom stereocenters. The molecule has 0 amide bonds. The van der Waals surface area contributed by atoms with Crippen LogP contribution in [0.25, 0.3) is 0 Å². The fraction of sp³-hybridized carbons (Fsp3) is 0.455. The van der Waals surface area contributed by atoms with Crippen LogP contribution in [-0.4, -0.2) is 26.0 Å². The number of rotatable bonds is 6. The smallest absolute Gasteiger partial charge is 0.244 e. The molecule has 0 bridgehead atoms. The van der Waals surface area contributed by atoms with Crippen molar-refractivity contribution in [2.24, 2.45) is 0 Å². The number of halogens is 1. The molecule has 3 N–H and O–H groups in total. The third-order valence-electron chi connectivity index (χ3n) is 2.19. The molecule has 1 aromatic carbocycles. The monoisotopic (exact) mass is 308 g/mol. The minimum absolute atomic E-state index is 0.0417. The average molecular weight is 309 g/mol. The summed E-state index contributed by atoms with van der Waals surface area (Å²) in [7, 11) is -3.67. The Bertz CT molecular complexity index is 486. The Morgan fingerprint density at radius 2 is 2.17 bits per heavy atom. The van der Waals surface area contributed by atoms with Gasteiger partial charge in [0.1, 0.15) is 4.90 Å². The number of nitrogens with two attached hydrogens (primary N) is 1. The van der Waals surface area contributed by atoms with Gasteiger partial charge in [-0.2, -0.15) is 11.8 Å². The molecule has 0 spiro atoms. The maximum atomic E-state index is 12.2. The molecule has 0 heterocycles. The van der Waals surface area contributed by atoms with Gasteiger partial charge in [0.15, 0.2) is 0 Å².